The zero-order valence-electron chi connectivity index (χ0n) is 13.0. The van der Waals surface area contributed by atoms with Crippen molar-refractivity contribution >= 4 is 11.9 Å². The molecule has 120 valence electrons. The standard InChI is InChI=1S/C17H22FNO3/c1-3-4-5-14(12-6-8-13(18)9-7-12)19-15(17(21)22-2)10-11-16(19)20/h6-9,14-15H,3-5,10-11H2,1-2H3. The Kier molecular flexibility index (Phi) is 5.52. The first kappa shape index (κ1) is 16.5. The molecule has 1 aromatic rings. The number of nitrogens with zero attached hydrogens (tertiary/aromatic N) is 1. The third kappa shape index (κ3) is 3.46. The minimum atomic E-state index is -0.538. The molecule has 1 aromatic carbocycles. The van der Waals surface area contributed by atoms with E-state index in [1.807, 2.05) is 0 Å². The number of amides is 1. The number of likely N-dealkylation sites (tertiary alicyclic amines) is 1. The van der Waals surface area contributed by atoms with Crippen LogP contribution < -0.4 is 0 Å². The maximum atomic E-state index is 13.2. The van der Waals surface area contributed by atoms with Crippen LogP contribution in [0.5, 0.6) is 0 Å². The first-order chi connectivity index (χ1) is 10.6. The number of esters is 1. The van der Waals surface area contributed by atoms with Gasteiger partial charge in [-0.3, -0.25) is 4.79 Å². The smallest absolute Gasteiger partial charge is 0.328 e. The molecule has 1 saturated heterocycles. The molecule has 2 atom stereocenters. The molecule has 0 saturated carbocycles. The van der Waals surface area contributed by atoms with Crippen LogP contribution in [0.4, 0.5) is 4.39 Å². The van der Waals surface area contributed by atoms with Gasteiger partial charge in [0.25, 0.3) is 0 Å². The lowest BCUT2D eigenvalue weighted by Gasteiger charge is -2.32. The van der Waals surface area contributed by atoms with Crippen LogP contribution >= 0.6 is 0 Å². The fraction of sp³-hybridized carbons (Fsp3) is 0.529. The van der Waals surface area contributed by atoms with Crippen LogP contribution in [0.3, 0.4) is 0 Å². The van der Waals surface area contributed by atoms with E-state index in [9.17, 15) is 14.0 Å². The second-order valence-corrected chi connectivity index (χ2v) is 5.59. The molecule has 4 nitrogen and oxygen atoms in total. The summed E-state index contributed by atoms with van der Waals surface area (Å²) in [6.45, 7) is 2.07. The van der Waals surface area contributed by atoms with Gasteiger partial charge in [0.2, 0.25) is 5.91 Å². The molecule has 1 heterocycles. The highest BCUT2D eigenvalue weighted by Crippen LogP contribution is 2.34. The van der Waals surface area contributed by atoms with Gasteiger partial charge in [-0.15, -0.1) is 0 Å². The van der Waals surface area contributed by atoms with Crippen molar-refractivity contribution in [2.45, 2.75) is 51.1 Å². The fourth-order valence-electron chi connectivity index (χ4n) is 3.01. The lowest BCUT2D eigenvalue weighted by molar-refractivity contribution is -0.151. The Labute approximate surface area is 130 Å². The van der Waals surface area contributed by atoms with Crippen molar-refractivity contribution in [3.8, 4) is 0 Å². The van der Waals surface area contributed by atoms with Crippen LogP contribution in [0, 0.1) is 5.82 Å². The van der Waals surface area contributed by atoms with Crippen LogP contribution in [-0.4, -0.2) is 29.9 Å². The van der Waals surface area contributed by atoms with Gasteiger partial charge in [-0.2, -0.15) is 0 Å². The molecule has 0 aromatic heterocycles. The van der Waals surface area contributed by atoms with E-state index in [0.29, 0.717) is 12.8 Å². The van der Waals surface area contributed by atoms with Gasteiger partial charge in [0.05, 0.1) is 13.2 Å². The number of methoxy groups -OCH3 is 1. The summed E-state index contributed by atoms with van der Waals surface area (Å²) in [6, 6.07) is 5.42. The van der Waals surface area contributed by atoms with Crippen molar-refractivity contribution in [2.75, 3.05) is 7.11 Å². The van der Waals surface area contributed by atoms with E-state index in [2.05, 4.69) is 6.92 Å². The SMILES string of the molecule is CCCCC(c1ccc(F)cc1)N1C(=O)CCC1C(=O)OC. The van der Waals surface area contributed by atoms with Crippen molar-refractivity contribution < 1.29 is 18.7 Å². The molecule has 1 amide bonds. The van der Waals surface area contributed by atoms with Crippen LogP contribution in [-0.2, 0) is 14.3 Å². The van der Waals surface area contributed by atoms with Gasteiger partial charge in [-0.1, -0.05) is 31.9 Å². The van der Waals surface area contributed by atoms with E-state index in [0.717, 1.165) is 24.8 Å². The Hall–Kier alpha value is -1.91. The molecule has 1 aliphatic heterocycles. The quantitative estimate of drug-likeness (QED) is 0.758. The lowest BCUT2D eigenvalue weighted by atomic mass is 9.98. The lowest BCUT2D eigenvalue weighted by Crippen LogP contribution is -2.41. The Morgan fingerprint density at radius 2 is 2.09 bits per heavy atom. The topological polar surface area (TPSA) is 46.6 Å². The summed E-state index contributed by atoms with van der Waals surface area (Å²) in [5, 5.41) is 0. The second-order valence-electron chi connectivity index (χ2n) is 5.59. The number of benzene rings is 1. The first-order valence-corrected chi connectivity index (χ1v) is 7.73. The summed E-state index contributed by atoms with van der Waals surface area (Å²) in [5.74, 6) is -0.731. The van der Waals surface area contributed by atoms with Gasteiger partial charge in [-0.25, -0.2) is 9.18 Å². The van der Waals surface area contributed by atoms with Crippen molar-refractivity contribution in [1.29, 1.82) is 0 Å². The number of ether oxygens (including phenoxy) is 1. The van der Waals surface area contributed by atoms with Gasteiger partial charge in [0, 0.05) is 6.42 Å². The summed E-state index contributed by atoms with van der Waals surface area (Å²) in [6.07, 6.45) is 3.50. The van der Waals surface area contributed by atoms with Crippen LogP contribution in [0.2, 0.25) is 0 Å². The van der Waals surface area contributed by atoms with Crippen LogP contribution in [0.15, 0.2) is 24.3 Å². The zero-order valence-corrected chi connectivity index (χ0v) is 13.0. The van der Waals surface area contributed by atoms with Crippen molar-refractivity contribution in [2.24, 2.45) is 0 Å². The summed E-state index contributed by atoms with van der Waals surface area (Å²) >= 11 is 0. The Bertz CT molecular complexity index is 529. The molecule has 5 heteroatoms. The zero-order chi connectivity index (χ0) is 16.1. The van der Waals surface area contributed by atoms with Crippen LogP contribution in [0.1, 0.15) is 50.6 Å². The number of carbonyl (C=O) groups excluding carboxylic acids is 2. The molecule has 2 rings (SSSR count). The molecule has 0 radical (unpaired) electrons. The molecule has 0 bridgehead atoms. The highest BCUT2D eigenvalue weighted by molar-refractivity contribution is 5.88. The molecular weight excluding hydrogens is 285 g/mol. The summed E-state index contributed by atoms with van der Waals surface area (Å²) in [5.41, 5.74) is 0.860. The number of rotatable bonds is 6. The largest absolute Gasteiger partial charge is 0.467 e. The summed E-state index contributed by atoms with van der Waals surface area (Å²) in [4.78, 5) is 25.9. The van der Waals surface area contributed by atoms with Gasteiger partial charge in [0.15, 0.2) is 0 Å². The Morgan fingerprint density at radius 3 is 2.68 bits per heavy atom. The maximum Gasteiger partial charge on any atom is 0.328 e. The van der Waals surface area contributed by atoms with E-state index >= 15 is 0 Å². The van der Waals surface area contributed by atoms with Gasteiger partial charge in [0.1, 0.15) is 11.9 Å². The Balaban J connectivity index is 2.31. The van der Waals surface area contributed by atoms with E-state index < -0.39 is 6.04 Å². The third-order valence-electron chi connectivity index (χ3n) is 4.15. The van der Waals surface area contributed by atoms with Gasteiger partial charge < -0.3 is 9.64 Å². The minimum Gasteiger partial charge on any atom is -0.467 e. The number of unbranched alkanes of at least 4 members (excludes halogenated alkanes) is 1. The predicted molar refractivity (Wildman–Crippen MR) is 80.6 cm³/mol. The average Bonchev–Trinajstić information content (AvgIpc) is 2.90. The summed E-state index contributed by atoms with van der Waals surface area (Å²) < 4.78 is 18.0. The second kappa shape index (κ2) is 7.38. The molecule has 0 N–H and O–H groups in total. The van der Waals surface area contributed by atoms with Crippen molar-refractivity contribution in [1.82, 2.24) is 4.90 Å². The van der Waals surface area contributed by atoms with Gasteiger partial charge in [-0.05, 0) is 30.5 Å². The highest BCUT2D eigenvalue weighted by atomic mass is 19.1. The number of hydrogen-bond donors (Lipinski definition) is 0. The van der Waals surface area contributed by atoms with E-state index in [-0.39, 0.29) is 23.7 Å². The molecular formula is C17H22FNO3. The number of hydrogen-bond acceptors (Lipinski definition) is 3. The van der Waals surface area contributed by atoms with E-state index in [1.165, 1.54) is 19.2 Å². The molecule has 1 aliphatic rings. The molecule has 0 spiro atoms. The number of carbonyl (C=O) groups is 2. The Morgan fingerprint density at radius 1 is 1.41 bits per heavy atom. The fourth-order valence-corrected chi connectivity index (χ4v) is 3.01. The molecule has 0 aliphatic carbocycles. The maximum absolute atomic E-state index is 13.2. The van der Waals surface area contributed by atoms with E-state index in [4.69, 9.17) is 4.74 Å². The molecule has 22 heavy (non-hydrogen) atoms. The summed E-state index contributed by atoms with van der Waals surface area (Å²) in [7, 11) is 1.34. The third-order valence-corrected chi connectivity index (χ3v) is 4.15. The minimum absolute atomic E-state index is 0.0409. The molecule has 2 unspecified atom stereocenters. The molecule has 1 fully saturated rings. The normalized spacial score (nSPS) is 19.3. The predicted octanol–water partition coefficient (Wildman–Crippen LogP) is 3.22. The van der Waals surface area contributed by atoms with Crippen LogP contribution in [0.25, 0.3) is 0 Å². The van der Waals surface area contributed by atoms with Crippen molar-refractivity contribution in [3.05, 3.63) is 35.6 Å². The monoisotopic (exact) mass is 307 g/mol. The van der Waals surface area contributed by atoms with Crippen molar-refractivity contribution in [3.63, 3.8) is 0 Å². The first-order valence-electron chi connectivity index (χ1n) is 7.73. The van der Waals surface area contributed by atoms with Gasteiger partial charge >= 0.3 is 5.97 Å². The van der Waals surface area contributed by atoms with E-state index in [1.54, 1.807) is 17.0 Å². The average molecular weight is 307 g/mol. The highest BCUT2D eigenvalue weighted by Gasteiger charge is 2.41. The number of halogens is 1.